The van der Waals surface area contributed by atoms with Crippen LogP contribution in [0.25, 0.3) is 21.7 Å². The van der Waals surface area contributed by atoms with Gasteiger partial charge in [0.05, 0.1) is 5.56 Å². The maximum absolute atomic E-state index is 6.22. The van der Waals surface area contributed by atoms with Crippen molar-refractivity contribution in [1.82, 2.24) is 9.78 Å². The molecule has 0 amide bonds. The van der Waals surface area contributed by atoms with E-state index in [1.54, 1.807) is 16.0 Å². The van der Waals surface area contributed by atoms with Crippen LogP contribution >= 0.6 is 22.9 Å². The van der Waals surface area contributed by atoms with E-state index in [4.69, 9.17) is 17.3 Å². The van der Waals surface area contributed by atoms with E-state index >= 15 is 0 Å². The lowest BCUT2D eigenvalue weighted by atomic mass is 10.0. The highest BCUT2D eigenvalue weighted by Crippen LogP contribution is 2.40. The molecule has 0 bridgehead atoms. The molecule has 20 heavy (non-hydrogen) atoms. The number of nitrogen functional groups attached to an aromatic ring is 1. The molecule has 102 valence electrons. The second kappa shape index (κ2) is 4.96. The molecule has 1 aromatic carbocycles. The third-order valence-electron chi connectivity index (χ3n) is 3.38. The number of anilines is 1. The fourth-order valence-corrected chi connectivity index (χ4v) is 3.21. The minimum absolute atomic E-state index is 0.668. The van der Waals surface area contributed by atoms with Crippen molar-refractivity contribution in [2.75, 3.05) is 5.73 Å². The number of thiophene rings is 1. The zero-order valence-electron chi connectivity index (χ0n) is 11.2. The topological polar surface area (TPSA) is 43.8 Å². The van der Waals surface area contributed by atoms with Gasteiger partial charge in [0.25, 0.3) is 0 Å². The van der Waals surface area contributed by atoms with Crippen LogP contribution in [0, 0.1) is 6.92 Å². The molecule has 2 N–H and O–H groups in total. The van der Waals surface area contributed by atoms with Crippen LogP contribution in [0.2, 0.25) is 5.02 Å². The molecule has 3 aromatic rings. The lowest BCUT2D eigenvalue weighted by Crippen LogP contribution is -1.97. The van der Waals surface area contributed by atoms with Crippen LogP contribution in [0.5, 0.6) is 0 Å². The van der Waals surface area contributed by atoms with Crippen LogP contribution in [0.4, 0.5) is 5.82 Å². The summed E-state index contributed by atoms with van der Waals surface area (Å²) in [6.07, 6.45) is 0. The number of rotatable bonds is 2. The summed E-state index contributed by atoms with van der Waals surface area (Å²) < 4.78 is 1.71. The van der Waals surface area contributed by atoms with Gasteiger partial charge in [-0.3, -0.25) is 4.68 Å². The predicted octanol–water partition coefficient (Wildman–Crippen LogP) is 4.36. The SMILES string of the molecule is Cc1c(Cl)cccc1-c1nn(C)c(N)c1-c1cccs1. The Hall–Kier alpha value is -1.78. The van der Waals surface area contributed by atoms with E-state index in [-0.39, 0.29) is 0 Å². The fraction of sp³-hybridized carbons (Fsp3) is 0.133. The third-order valence-corrected chi connectivity index (χ3v) is 4.68. The van der Waals surface area contributed by atoms with Crippen LogP contribution in [-0.4, -0.2) is 9.78 Å². The zero-order chi connectivity index (χ0) is 14.3. The van der Waals surface area contributed by atoms with Crippen LogP contribution in [-0.2, 0) is 7.05 Å². The summed E-state index contributed by atoms with van der Waals surface area (Å²) in [5.74, 6) is 0.668. The highest BCUT2D eigenvalue weighted by Gasteiger charge is 2.19. The summed E-state index contributed by atoms with van der Waals surface area (Å²) in [5.41, 5.74) is 10.1. The summed E-state index contributed by atoms with van der Waals surface area (Å²) in [6, 6.07) is 9.92. The Morgan fingerprint density at radius 3 is 2.75 bits per heavy atom. The van der Waals surface area contributed by atoms with E-state index in [2.05, 4.69) is 11.2 Å². The first kappa shape index (κ1) is 13.2. The van der Waals surface area contributed by atoms with Crippen molar-refractivity contribution in [3.05, 3.63) is 46.3 Å². The first-order chi connectivity index (χ1) is 9.59. The molecular formula is C15H14ClN3S. The Kier molecular flexibility index (Phi) is 3.28. The molecule has 0 unspecified atom stereocenters. The lowest BCUT2D eigenvalue weighted by Gasteiger charge is -2.06. The molecule has 3 rings (SSSR count). The standard InChI is InChI=1S/C15H14ClN3S/c1-9-10(5-3-6-11(9)16)14-13(12-7-4-8-20-12)15(17)19(2)18-14/h3-8H,17H2,1-2H3. The maximum atomic E-state index is 6.22. The van der Waals surface area contributed by atoms with Crippen molar-refractivity contribution in [3.63, 3.8) is 0 Å². The maximum Gasteiger partial charge on any atom is 0.130 e. The number of hydrogen-bond acceptors (Lipinski definition) is 3. The number of halogens is 1. The summed E-state index contributed by atoms with van der Waals surface area (Å²) in [5, 5.41) is 7.36. The molecule has 5 heteroatoms. The monoisotopic (exact) mass is 303 g/mol. The summed E-state index contributed by atoms with van der Waals surface area (Å²) in [7, 11) is 1.86. The van der Waals surface area contributed by atoms with Gasteiger partial charge in [-0.05, 0) is 30.0 Å². The van der Waals surface area contributed by atoms with Crippen molar-refractivity contribution < 1.29 is 0 Å². The number of hydrogen-bond donors (Lipinski definition) is 1. The summed E-state index contributed by atoms with van der Waals surface area (Å²) in [6.45, 7) is 2.00. The molecule has 0 radical (unpaired) electrons. The van der Waals surface area contributed by atoms with Gasteiger partial charge >= 0.3 is 0 Å². The minimum atomic E-state index is 0.668. The van der Waals surface area contributed by atoms with Crippen LogP contribution in [0.1, 0.15) is 5.56 Å². The van der Waals surface area contributed by atoms with E-state index < -0.39 is 0 Å². The van der Waals surface area contributed by atoms with E-state index in [0.29, 0.717) is 5.82 Å². The van der Waals surface area contributed by atoms with Crippen molar-refractivity contribution in [2.24, 2.45) is 7.05 Å². The average molecular weight is 304 g/mol. The predicted molar refractivity (Wildman–Crippen MR) is 86.1 cm³/mol. The van der Waals surface area contributed by atoms with E-state index in [1.165, 1.54) is 0 Å². The van der Waals surface area contributed by atoms with Crippen molar-refractivity contribution in [2.45, 2.75) is 6.92 Å². The van der Waals surface area contributed by atoms with Gasteiger partial charge < -0.3 is 5.73 Å². The molecule has 0 spiro atoms. The number of benzene rings is 1. The Bertz CT molecular complexity index is 760. The largest absolute Gasteiger partial charge is 0.383 e. The van der Waals surface area contributed by atoms with Crippen LogP contribution < -0.4 is 5.73 Å². The molecule has 0 saturated heterocycles. The van der Waals surface area contributed by atoms with Gasteiger partial charge in [0, 0.05) is 22.5 Å². The van der Waals surface area contributed by atoms with Gasteiger partial charge in [-0.25, -0.2) is 0 Å². The normalized spacial score (nSPS) is 10.9. The summed E-state index contributed by atoms with van der Waals surface area (Å²) in [4.78, 5) is 1.12. The first-order valence-corrected chi connectivity index (χ1v) is 7.47. The zero-order valence-corrected chi connectivity index (χ0v) is 12.8. The van der Waals surface area contributed by atoms with Gasteiger partial charge in [-0.2, -0.15) is 5.10 Å². The molecule has 2 heterocycles. The minimum Gasteiger partial charge on any atom is -0.383 e. The quantitative estimate of drug-likeness (QED) is 0.764. The van der Waals surface area contributed by atoms with Gasteiger partial charge in [-0.1, -0.05) is 29.8 Å². The molecular weight excluding hydrogens is 290 g/mol. The second-order valence-corrected chi connectivity index (χ2v) is 5.98. The van der Waals surface area contributed by atoms with E-state index in [0.717, 1.165) is 32.3 Å². The molecule has 3 nitrogen and oxygen atoms in total. The fourth-order valence-electron chi connectivity index (χ4n) is 2.25. The summed E-state index contributed by atoms with van der Waals surface area (Å²) >= 11 is 7.88. The third kappa shape index (κ3) is 2.01. The smallest absolute Gasteiger partial charge is 0.130 e. The van der Waals surface area contributed by atoms with Crippen molar-refractivity contribution in [1.29, 1.82) is 0 Å². The van der Waals surface area contributed by atoms with Crippen molar-refractivity contribution in [3.8, 4) is 21.7 Å². The first-order valence-electron chi connectivity index (χ1n) is 6.21. The molecule has 0 aliphatic carbocycles. The second-order valence-electron chi connectivity index (χ2n) is 4.62. The Morgan fingerprint density at radius 1 is 1.25 bits per heavy atom. The van der Waals surface area contributed by atoms with Gasteiger partial charge in [0.2, 0.25) is 0 Å². The van der Waals surface area contributed by atoms with Gasteiger partial charge in [-0.15, -0.1) is 11.3 Å². The number of nitrogens with two attached hydrogens (primary N) is 1. The number of nitrogens with zero attached hydrogens (tertiary/aromatic N) is 2. The van der Waals surface area contributed by atoms with E-state index in [1.807, 2.05) is 43.6 Å². The Labute approximate surface area is 126 Å². The Morgan fingerprint density at radius 2 is 2.05 bits per heavy atom. The highest BCUT2D eigenvalue weighted by molar-refractivity contribution is 7.13. The Balaban J connectivity index is 2.30. The van der Waals surface area contributed by atoms with Crippen LogP contribution in [0.15, 0.2) is 35.7 Å². The van der Waals surface area contributed by atoms with Gasteiger partial charge in [0.15, 0.2) is 0 Å². The number of aryl methyl sites for hydroxylation is 1. The van der Waals surface area contributed by atoms with Gasteiger partial charge in [0.1, 0.15) is 11.5 Å². The average Bonchev–Trinajstić information content (AvgIpc) is 3.03. The highest BCUT2D eigenvalue weighted by atomic mass is 35.5. The number of aromatic nitrogens is 2. The molecule has 0 aliphatic rings. The lowest BCUT2D eigenvalue weighted by molar-refractivity contribution is 0.782. The molecule has 0 atom stereocenters. The molecule has 0 fully saturated rings. The molecule has 0 saturated carbocycles. The molecule has 2 aromatic heterocycles. The molecule has 0 aliphatic heterocycles. The van der Waals surface area contributed by atoms with Crippen LogP contribution in [0.3, 0.4) is 0 Å². The van der Waals surface area contributed by atoms with E-state index in [9.17, 15) is 0 Å². The van der Waals surface area contributed by atoms with Crippen molar-refractivity contribution >= 4 is 28.8 Å².